The molecule has 0 saturated carbocycles. The summed E-state index contributed by atoms with van der Waals surface area (Å²) >= 11 is 0. The topological polar surface area (TPSA) is 35.2 Å². The van der Waals surface area contributed by atoms with Crippen LogP contribution in [0.2, 0.25) is 0 Å². The van der Waals surface area contributed by atoms with Crippen LogP contribution >= 0.6 is 0 Å². The van der Waals surface area contributed by atoms with Gasteiger partial charge in [-0.05, 0) is 38.5 Å². The van der Waals surface area contributed by atoms with Crippen molar-refractivity contribution in [1.29, 1.82) is 0 Å². The standard InChI is InChI=1S/C11H21NO/c1-2-3-4-6-10(12)9-11-7-5-8-13-11/h2,10-11H,1,3-9,12H2. The average Bonchev–Trinajstić information content (AvgIpc) is 2.57. The molecule has 1 aliphatic heterocycles. The molecule has 0 aromatic carbocycles. The first-order valence-corrected chi connectivity index (χ1v) is 5.31. The summed E-state index contributed by atoms with van der Waals surface area (Å²) in [4.78, 5) is 0. The predicted octanol–water partition coefficient (Wildman–Crippen LogP) is 2.24. The number of hydrogen-bond donors (Lipinski definition) is 1. The Morgan fingerprint density at radius 2 is 2.46 bits per heavy atom. The zero-order valence-corrected chi connectivity index (χ0v) is 8.37. The van der Waals surface area contributed by atoms with E-state index in [9.17, 15) is 0 Å². The minimum absolute atomic E-state index is 0.322. The van der Waals surface area contributed by atoms with Gasteiger partial charge >= 0.3 is 0 Å². The molecule has 13 heavy (non-hydrogen) atoms. The monoisotopic (exact) mass is 183 g/mol. The molecule has 1 rings (SSSR count). The Hall–Kier alpha value is -0.340. The van der Waals surface area contributed by atoms with Gasteiger partial charge in [0.25, 0.3) is 0 Å². The summed E-state index contributed by atoms with van der Waals surface area (Å²) in [6.45, 7) is 4.63. The number of ether oxygens (including phenoxy) is 1. The minimum atomic E-state index is 0.322. The molecule has 1 heterocycles. The Morgan fingerprint density at radius 1 is 1.62 bits per heavy atom. The first-order chi connectivity index (χ1) is 6.33. The SMILES string of the molecule is C=CCCCC(N)CC1CCCO1. The van der Waals surface area contributed by atoms with Crippen LogP contribution in [-0.2, 0) is 4.74 Å². The minimum Gasteiger partial charge on any atom is -0.378 e. The third kappa shape index (κ3) is 4.44. The third-order valence-corrected chi connectivity index (χ3v) is 2.57. The van der Waals surface area contributed by atoms with Crippen molar-refractivity contribution >= 4 is 0 Å². The van der Waals surface area contributed by atoms with Crippen LogP contribution in [0.1, 0.15) is 38.5 Å². The molecule has 1 fully saturated rings. The Labute approximate surface area is 81.1 Å². The molecule has 0 aromatic rings. The lowest BCUT2D eigenvalue weighted by molar-refractivity contribution is 0.0974. The van der Waals surface area contributed by atoms with Gasteiger partial charge < -0.3 is 10.5 Å². The fraction of sp³-hybridized carbons (Fsp3) is 0.818. The van der Waals surface area contributed by atoms with Gasteiger partial charge in [0.15, 0.2) is 0 Å². The van der Waals surface area contributed by atoms with Crippen LogP contribution in [-0.4, -0.2) is 18.8 Å². The fourth-order valence-corrected chi connectivity index (χ4v) is 1.81. The normalized spacial score (nSPS) is 24.5. The lowest BCUT2D eigenvalue weighted by Crippen LogP contribution is -2.25. The van der Waals surface area contributed by atoms with E-state index in [-0.39, 0.29) is 0 Å². The summed E-state index contributed by atoms with van der Waals surface area (Å²) in [5, 5.41) is 0. The van der Waals surface area contributed by atoms with E-state index in [2.05, 4.69) is 6.58 Å². The molecule has 0 radical (unpaired) electrons. The van der Waals surface area contributed by atoms with Gasteiger partial charge in [-0.25, -0.2) is 0 Å². The van der Waals surface area contributed by atoms with E-state index in [0.717, 1.165) is 32.3 Å². The second kappa shape index (κ2) is 6.17. The quantitative estimate of drug-likeness (QED) is 0.506. The molecule has 1 saturated heterocycles. The first kappa shape index (κ1) is 10.7. The molecule has 0 aromatic heterocycles. The van der Waals surface area contributed by atoms with E-state index < -0.39 is 0 Å². The largest absolute Gasteiger partial charge is 0.378 e. The van der Waals surface area contributed by atoms with Crippen LogP contribution < -0.4 is 5.73 Å². The van der Waals surface area contributed by atoms with Crippen LogP contribution in [0.15, 0.2) is 12.7 Å². The average molecular weight is 183 g/mol. The molecule has 0 amide bonds. The number of allylic oxidation sites excluding steroid dienone is 1. The summed E-state index contributed by atoms with van der Waals surface area (Å²) in [7, 11) is 0. The van der Waals surface area contributed by atoms with Crippen molar-refractivity contribution in [2.75, 3.05) is 6.61 Å². The molecular weight excluding hydrogens is 162 g/mol. The van der Waals surface area contributed by atoms with E-state index in [1.807, 2.05) is 6.08 Å². The van der Waals surface area contributed by atoms with Crippen molar-refractivity contribution in [3.05, 3.63) is 12.7 Å². The lowest BCUT2D eigenvalue weighted by atomic mass is 10.0. The van der Waals surface area contributed by atoms with Crippen LogP contribution in [0.4, 0.5) is 0 Å². The van der Waals surface area contributed by atoms with Crippen molar-refractivity contribution in [3.63, 3.8) is 0 Å². The number of unbranched alkanes of at least 4 members (excludes halogenated alkanes) is 1. The molecule has 2 N–H and O–H groups in total. The van der Waals surface area contributed by atoms with E-state index in [1.165, 1.54) is 12.8 Å². The van der Waals surface area contributed by atoms with Gasteiger partial charge in [-0.2, -0.15) is 0 Å². The van der Waals surface area contributed by atoms with Gasteiger partial charge in [0, 0.05) is 12.6 Å². The van der Waals surface area contributed by atoms with Crippen molar-refractivity contribution in [2.45, 2.75) is 50.7 Å². The summed E-state index contributed by atoms with van der Waals surface area (Å²) in [6.07, 6.45) is 9.20. The Morgan fingerprint density at radius 3 is 3.08 bits per heavy atom. The maximum atomic E-state index is 5.98. The Balaban J connectivity index is 2.02. The van der Waals surface area contributed by atoms with Gasteiger partial charge in [-0.15, -0.1) is 6.58 Å². The van der Waals surface area contributed by atoms with Gasteiger partial charge in [0.05, 0.1) is 6.10 Å². The van der Waals surface area contributed by atoms with E-state index in [1.54, 1.807) is 0 Å². The van der Waals surface area contributed by atoms with Crippen LogP contribution in [0.5, 0.6) is 0 Å². The van der Waals surface area contributed by atoms with Crippen molar-refractivity contribution in [1.82, 2.24) is 0 Å². The maximum Gasteiger partial charge on any atom is 0.0590 e. The molecule has 1 aliphatic rings. The van der Waals surface area contributed by atoms with Crippen molar-refractivity contribution in [3.8, 4) is 0 Å². The van der Waals surface area contributed by atoms with Crippen LogP contribution in [0, 0.1) is 0 Å². The molecule has 2 unspecified atom stereocenters. The summed E-state index contributed by atoms with van der Waals surface area (Å²) in [5.41, 5.74) is 5.98. The molecular formula is C11H21NO. The van der Waals surface area contributed by atoms with Crippen LogP contribution in [0.3, 0.4) is 0 Å². The van der Waals surface area contributed by atoms with E-state index in [0.29, 0.717) is 12.1 Å². The van der Waals surface area contributed by atoms with Crippen molar-refractivity contribution in [2.24, 2.45) is 5.73 Å². The zero-order chi connectivity index (χ0) is 9.52. The molecule has 2 atom stereocenters. The fourth-order valence-electron chi connectivity index (χ4n) is 1.81. The summed E-state index contributed by atoms with van der Waals surface area (Å²) in [5.74, 6) is 0. The molecule has 0 aliphatic carbocycles. The highest BCUT2D eigenvalue weighted by atomic mass is 16.5. The number of nitrogens with two attached hydrogens (primary N) is 1. The summed E-state index contributed by atoms with van der Waals surface area (Å²) < 4.78 is 5.53. The highest BCUT2D eigenvalue weighted by Crippen LogP contribution is 2.18. The number of hydrogen-bond acceptors (Lipinski definition) is 2. The van der Waals surface area contributed by atoms with E-state index in [4.69, 9.17) is 10.5 Å². The Kier molecular flexibility index (Phi) is 5.09. The van der Waals surface area contributed by atoms with E-state index >= 15 is 0 Å². The molecule has 2 nitrogen and oxygen atoms in total. The molecule has 0 spiro atoms. The predicted molar refractivity (Wildman–Crippen MR) is 55.6 cm³/mol. The highest BCUT2D eigenvalue weighted by Gasteiger charge is 2.18. The third-order valence-electron chi connectivity index (χ3n) is 2.57. The number of rotatable bonds is 6. The van der Waals surface area contributed by atoms with Gasteiger partial charge in [-0.1, -0.05) is 6.08 Å². The first-order valence-electron chi connectivity index (χ1n) is 5.31. The second-order valence-corrected chi connectivity index (χ2v) is 3.85. The highest BCUT2D eigenvalue weighted by molar-refractivity contribution is 4.74. The van der Waals surface area contributed by atoms with Crippen LogP contribution in [0.25, 0.3) is 0 Å². The summed E-state index contributed by atoms with van der Waals surface area (Å²) in [6, 6.07) is 0.322. The zero-order valence-electron chi connectivity index (χ0n) is 8.37. The molecule has 2 heteroatoms. The van der Waals surface area contributed by atoms with Gasteiger partial charge in [0.2, 0.25) is 0 Å². The lowest BCUT2D eigenvalue weighted by Gasteiger charge is -2.15. The molecule has 0 bridgehead atoms. The smallest absolute Gasteiger partial charge is 0.0590 e. The maximum absolute atomic E-state index is 5.98. The Bertz CT molecular complexity index is 141. The van der Waals surface area contributed by atoms with Gasteiger partial charge in [-0.3, -0.25) is 0 Å². The molecule has 76 valence electrons. The van der Waals surface area contributed by atoms with Gasteiger partial charge in [0.1, 0.15) is 0 Å². The second-order valence-electron chi connectivity index (χ2n) is 3.85. The van der Waals surface area contributed by atoms with Crippen molar-refractivity contribution < 1.29 is 4.74 Å².